The molecule has 0 spiro atoms. The summed E-state index contributed by atoms with van der Waals surface area (Å²) in [5.41, 5.74) is 1.80. The van der Waals surface area contributed by atoms with Gasteiger partial charge in [-0.25, -0.2) is 0 Å². The van der Waals surface area contributed by atoms with Gasteiger partial charge in [0, 0.05) is 0 Å². The van der Waals surface area contributed by atoms with Crippen molar-refractivity contribution in [2.45, 2.75) is 109 Å². The normalized spacial score (nSPS) is 13.2. The van der Waals surface area contributed by atoms with Crippen LogP contribution in [0.2, 0.25) is 0 Å². The zero-order valence-corrected chi connectivity index (χ0v) is 23.4. The molecule has 2 aromatic rings. The van der Waals surface area contributed by atoms with E-state index in [1.54, 1.807) is 24.3 Å². The summed E-state index contributed by atoms with van der Waals surface area (Å²) in [5.74, 6) is 0.0865. The van der Waals surface area contributed by atoms with Gasteiger partial charge in [0.05, 0.1) is 0 Å². The first-order chi connectivity index (χ1) is 17.3. The molecule has 1 unspecified atom stereocenters. The third kappa shape index (κ3) is 12.1. The second-order valence-electron chi connectivity index (χ2n) is 10.2. The number of unbranched alkanes of at least 4 members (excludes halogenated alkanes) is 12. The van der Waals surface area contributed by atoms with Crippen LogP contribution in [0.5, 0.6) is 11.5 Å². The van der Waals surface area contributed by atoms with E-state index in [0.717, 1.165) is 30.4 Å². The summed E-state index contributed by atoms with van der Waals surface area (Å²) in [6.45, 7) is 4.10. The van der Waals surface area contributed by atoms with Crippen molar-refractivity contribution in [1.29, 1.82) is 0 Å². The van der Waals surface area contributed by atoms with Crippen LogP contribution in [0, 0.1) is 0 Å². The number of hydrogen-bond acceptors (Lipinski definition) is 5. The molecule has 0 amide bonds. The molecule has 0 radical (unpaired) electrons. The van der Waals surface area contributed by atoms with Crippen LogP contribution in [0.15, 0.2) is 48.5 Å². The fraction of sp³-hybridized carbons (Fsp3) is 0.600. The molecule has 0 heterocycles. The Bertz CT molecular complexity index is 777. The Kier molecular flexibility index (Phi) is 14.4. The summed E-state index contributed by atoms with van der Waals surface area (Å²) in [4.78, 5) is 21.4. The first-order valence-corrected chi connectivity index (χ1v) is 16.0. The molecule has 4 N–H and O–H groups in total. The number of phenolic OH excluding ortho intramolecular Hbond substituents is 2. The first-order valence-electron chi connectivity index (χ1n) is 14.0. The summed E-state index contributed by atoms with van der Waals surface area (Å²) in [6.07, 6.45) is 16.0. The molecule has 0 aliphatic carbocycles. The fourth-order valence-corrected chi connectivity index (χ4v) is 6.46. The van der Waals surface area contributed by atoms with Gasteiger partial charge in [-0.2, -0.15) is 0 Å². The van der Waals surface area contributed by atoms with Gasteiger partial charge in [0.25, 0.3) is 0 Å². The van der Waals surface area contributed by atoms with E-state index >= 15 is 0 Å². The average molecular weight is 521 g/mol. The third-order valence-corrected chi connectivity index (χ3v) is 8.71. The van der Waals surface area contributed by atoms with Gasteiger partial charge in [-0.05, 0) is 0 Å². The summed E-state index contributed by atoms with van der Waals surface area (Å²) < 4.78 is 5.90. The molecule has 0 aliphatic heterocycles. The molecule has 2 aromatic carbocycles. The molecule has 0 aliphatic rings. The molecular formula is C30H49O5P. The average Bonchev–Trinajstić information content (AvgIpc) is 2.84. The Morgan fingerprint density at radius 3 is 1.36 bits per heavy atom. The SMILES string of the molecule is CCCCCCCCCCCCCCC[PH](O)(O)OC(C)C(c1ccc(O)cc1)c1ccc(O)cc1. The van der Waals surface area contributed by atoms with Gasteiger partial charge >= 0.3 is 199 Å². The number of rotatable bonds is 19. The standard InChI is InChI=1S/C30H49O5P/c1-3-4-5-6-7-8-9-10-11-12-13-14-15-24-36(33,34)35-25(2)30(26-16-20-28(31)21-17-26)27-18-22-29(32)23-19-27/h16-23,25,30-34,36H,3-15,24H2,1-2H3. The summed E-state index contributed by atoms with van der Waals surface area (Å²) in [6, 6.07) is 13.7. The van der Waals surface area contributed by atoms with Gasteiger partial charge in [-0.1, -0.05) is 19.8 Å². The Labute approximate surface area is 219 Å². The van der Waals surface area contributed by atoms with Crippen LogP contribution in [-0.2, 0) is 4.52 Å². The van der Waals surface area contributed by atoms with E-state index in [1.807, 2.05) is 31.2 Å². The zero-order chi connectivity index (χ0) is 26.2. The second kappa shape index (κ2) is 17.0. The fourth-order valence-electron chi connectivity index (χ4n) is 4.90. The van der Waals surface area contributed by atoms with Crippen molar-refractivity contribution in [1.82, 2.24) is 0 Å². The van der Waals surface area contributed by atoms with Crippen LogP contribution in [0.3, 0.4) is 0 Å². The van der Waals surface area contributed by atoms with Crippen molar-refractivity contribution in [3.63, 3.8) is 0 Å². The summed E-state index contributed by atoms with van der Waals surface area (Å²) in [7, 11) is -3.82. The monoisotopic (exact) mass is 520 g/mol. The number of benzene rings is 2. The van der Waals surface area contributed by atoms with Gasteiger partial charge in [0.2, 0.25) is 0 Å². The van der Waals surface area contributed by atoms with Crippen LogP contribution in [0.1, 0.15) is 114 Å². The van der Waals surface area contributed by atoms with Crippen molar-refractivity contribution in [3.05, 3.63) is 59.7 Å². The van der Waals surface area contributed by atoms with E-state index in [-0.39, 0.29) is 17.4 Å². The molecule has 0 saturated carbocycles. The van der Waals surface area contributed by atoms with Crippen LogP contribution in [0.4, 0.5) is 0 Å². The molecule has 2 rings (SSSR count). The molecule has 0 aromatic heterocycles. The summed E-state index contributed by atoms with van der Waals surface area (Å²) in [5, 5.41) is 19.4. The molecule has 1 atom stereocenters. The van der Waals surface area contributed by atoms with Crippen molar-refractivity contribution in [3.8, 4) is 11.5 Å². The number of aromatic hydroxyl groups is 2. The van der Waals surface area contributed by atoms with E-state index in [1.165, 1.54) is 64.2 Å². The van der Waals surface area contributed by atoms with Gasteiger partial charge in [0.15, 0.2) is 0 Å². The Balaban J connectivity index is 1.73. The van der Waals surface area contributed by atoms with Gasteiger partial charge in [-0.3, -0.25) is 0 Å². The van der Waals surface area contributed by atoms with Crippen molar-refractivity contribution < 1.29 is 24.5 Å². The van der Waals surface area contributed by atoms with Crippen LogP contribution >= 0.6 is 7.94 Å². The molecule has 5 nitrogen and oxygen atoms in total. The number of phenols is 2. The van der Waals surface area contributed by atoms with Crippen LogP contribution < -0.4 is 0 Å². The molecular weight excluding hydrogens is 471 g/mol. The van der Waals surface area contributed by atoms with Crippen molar-refractivity contribution in [2.75, 3.05) is 6.16 Å². The Hall–Kier alpha value is -1.65. The van der Waals surface area contributed by atoms with E-state index < -0.39 is 14.0 Å². The topological polar surface area (TPSA) is 90.2 Å². The van der Waals surface area contributed by atoms with Gasteiger partial charge < -0.3 is 0 Å². The Morgan fingerprint density at radius 1 is 0.611 bits per heavy atom. The second-order valence-corrected chi connectivity index (χ2v) is 12.4. The molecule has 0 saturated heterocycles. The van der Waals surface area contributed by atoms with E-state index in [4.69, 9.17) is 4.52 Å². The Morgan fingerprint density at radius 2 is 0.972 bits per heavy atom. The minimum atomic E-state index is -3.82. The molecule has 0 bridgehead atoms. The van der Waals surface area contributed by atoms with Gasteiger partial charge in [0.1, 0.15) is 0 Å². The van der Waals surface area contributed by atoms with E-state index in [0.29, 0.717) is 6.16 Å². The van der Waals surface area contributed by atoms with Gasteiger partial charge in [-0.15, -0.1) is 0 Å². The van der Waals surface area contributed by atoms with E-state index in [2.05, 4.69) is 6.92 Å². The molecule has 0 fully saturated rings. The van der Waals surface area contributed by atoms with Crippen LogP contribution in [0.25, 0.3) is 0 Å². The minimum absolute atomic E-state index is 0.173. The predicted octanol–water partition coefficient (Wildman–Crippen LogP) is 8.21. The van der Waals surface area contributed by atoms with E-state index in [9.17, 15) is 20.0 Å². The van der Waals surface area contributed by atoms with Crippen molar-refractivity contribution >= 4 is 7.94 Å². The molecule has 204 valence electrons. The zero-order valence-electron chi connectivity index (χ0n) is 22.4. The maximum absolute atomic E-state index is 10.7. The predicted molar refractivity (Wildman–Crippen MR) is 152 cm³/mol. The molecule has 36 heavy (non-hydrogen) atoms. The molecule has 6 heteroatoms. The third-order valence-electron chi connectivity index (χ3n) is 6.95. The van der Waals surface area contributed by atoms with Crippen molar-refractivity contribution in [2.24, 2.45) is 0 Å². The maximum atomic E-state index is 10.7. The quantitative estimate of drug-likeness (QED) is 0.111. The first kappa shape index (κ1) is 30.6. The summed E-state index contributed by atoms with van der Waals surface area (Å²) >= 11 is 0. The van der Waals surface area contributed by atoms with Crippen LogP contribution in [-0.4, -0.2) is 32.3 Å². The number of hydrogen-bond donors (Lipinski definition) is 4.